The first-order chi connectivity index (χ1) is 16.4. The van der Waals surface area contributed by atoms with Crippen LogP contribution in [0, 0.1) is 0 Å². The van der Waals surface area contributed by atoms with Gasteiger partial charge in [0.25, 0.3) is 11.8 Å². The number of nitrogens with one attached hydrogen (secondary N) is 2. The van der Waals surface area contributed by atoms with E-state index in [0.29, 0.717) is 5.56 Å². The Hall–Kier alpha value is -3.33. The van der Waals surface area contributed by atoms with Gasteiger partial charge in [0.15, 0.2) is 1.41 Å². The standard InChI is InChI=1S/C22H18ClF2N3O4/c23-15-4-2-14(3-5-15)22(24,25)21(32)26-10-12-1-6-16-13(9-12)11-28(20(16)31)17-7-8-18(29)27-19(17)30/h1-6,9,17H,7-8,10-11H2,(H,26,32)(H,27,29,30)/t17-/m1/s1/i10D,17D/hD/t10?,17-. The molecule has 32 heavy (non-hydrogen) atoms. The van der Waals surface area contributed by atoms with Crippen molar-refractivity contribution in [2.24, 2.45) is 0 Å². The number of fused-ring (bicyclic) bond motifs is 1. The highest BCUT2D eigenvalue weighted by Crippen LogP contribution is 2.30. The summed E-state index contributed by atoms with van der Waals surface area (Å²) in [5.74, 6) is -8.12. The highest BCUT2D eigenvalue weighted by Gasteiger charge is 2.41. The number of amides is 4. The molecule has 1 unspecified atom stereocenters. The van der Waals surface area contributed by atoms with Crippen LogP contribution in [-0.2, 0) is 33.4 Å². The van der Waals surface area contributed by atoms with Crippen LogP contribution in [0.25, 0.3) is 0 Å². The van der Waals surface area contributed by atoms with Crippen LogP contribution in [0.4, 0.5) is 8.78 Å². The number of hydrogen-bond donors (Lipinski definition) is 2. The molecular weight excluding hydrogens is 444 g/mol. The Morgan fingerprint density at radius 3 is 2.69 bits per heavy atom. The van der Waals surface area contributed by atoms with Gasteiger partial charge in [0, 0.05) is 35.6 Å². The van der Waals surface area contributed by atoms with Gasteiger partial charge < -0.3 is 10.2 Å². The van der Waals surface area contributed by atoms with Crippen molar-refractivity contribution in [1.29, 1.82) is 0 Å². The maximum atomic E-state index is 14.7. The molecule has 0 aliphatic carbocycles. The first-order valence-corrected chi connectivity index (χ1v) is 9.92. The smallest absolute Gasteiger partial charge is 0.346 e. The molecule has 166 valence electrons. The van der Waals surface area contributed by atoms with E-state index in [0.717, 1.165) is 17.0 Å². The highest BCUT2D eigenvalue weighted by molar-refractivity contribution is 6.30. The first-order valence-electron chi connectivity index (χ1n) is 11.1. The molecule has 0 spiro atoms. The van der Waals surface area contributed by atoms with Crippen molar-refractivity contribution in [3.63, 3.8) is 0 Å². The lowest BCUT2D eigenvalue weighted by molar-refractivity contribution is -0.147. The molecule has 2 aliphatic rings. The molecule has 10 heteroatoms. The zero-order valence-corrected chi connectivity index (χ0v) is 17.2. The fraction of sp³-hybridized carbons (Fsp3) is 0.273. The summed E-state index contributed by atoms with van der Waals surface area (Å²) in [7, 11) is 0. The van der Waals surface area contributed by atoms with Gasteiger partial charge in [0.2, 0.25) is 11.8 Å². The van der Waals surface area contributed by atoms with E-state index in [2.05, 4.69) is 0 Å². The fourth-order valence-corrected chi connectivity index (χ4v) is 3.63. The van der Waals surface area contributed by atoms with Gasteiger partial charge in [-0.1, -0.05) is 35.9 Å². The predicted molar refractivity (Wildman–Crippen MR) is 110 cm³/mol. The average molecular weight is 465 g/mol. The summed E-state index contributed by atoms with van der Waals surface area (Å²) in [6.45, 7) is -2.05. The minimum Gasteiger partial charge on any atom is -0.346 e. The number of halogens is 3. The second kappa shape index (κ2) is 8.31. The Morgan fingerprint density at radius 1 is 1.28 bits per heavy atom. The van der Waals surface area contributed by atoms with Crippen molar-refractivity contribution >= 4 is 35.2 Å². The van der Waals surface area contributed by atoms with Crippen LogP contribution in [0.1, 0.15) is 42.6 Å². The summed E-state index contributed by atoms with van der Waals surface area (Å²) in [4.78, 5) is 50.0. The van der Waals surface area contributed by atoms with Crippen molar-refractivity contribution in [3.05, 3.63) is 69.7 Å². The molecule has 2 aromatic rings. The molecule has 1 fully saturated rings. The molecule has 2 aromatic carbocycles. The molecule has 2 N–H and O–H groups in total. The van der Waals surface area contributed by atoms with E-state index in [9.17, 15) is 28.0 Å². The van der Waals surface area contributed by atoms with Gasteiger partial charge in [-0.25, -0.2) is 0 Å². The minimum absolute atomic E-state index is 0.0176. The van der Waals surface area contributed by atoms with Crippen LogP contribution in [0.15, 0.2) is 42.5 Å². The van der Waals surface area contributed by atoms with Gasteiger partial charge in [0.05, 0.1) is 2.74 Å². The van der Waals surface area contributed by atoms with Gasteiger partial charge in [-0.3, -0.25) is 24.5 Å². The summed E-state index contributed by atoms with van der Waals surface area (Å²) >= 11 is 5.69. The van der Waals surface area contributed by atoms with Crippen LogP contribution >= 0.6 is 11.6 Å². The first kappa shape index (κ1) is 18.3. The summed E-state index contributed by atoms with van der Waals surface area (Å²) in [6, 6.07) is 6.08. The number of benzene rings is 2. The van der Waals surface area contributed by atoms with E-state index < -0.39 is 47.7 Å². The van der Waals surface area contributed by atoms with Crippen LogP contribution < -0.4 is 10.6 Å². The van der Waals surface area contributed by atoms with Gasteiger partial charge in [-0.05, 0) is 35.7 Å². The quantitative estimate of drug-likeness (QED) is 0.665. The molecule has 0 radical (unpaired) electrons. The van der Waals surface area contributed by atoms with Crippen molar-refractivity contribution in [2.75, 3.05) is 0 Å². The lowest BCUT2D eigenvalue weighted by Crippen LogP contribution is -2.52. The molecule has 1 saturated heterocycles. The lowest BCUT2D eigenvalue weighted by atomic mass is 10.0. The van der Waals surface area contributed by atoms with E-state index in [1.165, 1.54) is 30.3 Å². The summed E-state index contributed by atoms with van der Waals surface area (Å²) in [5, 5.41) is 2.08. The molecule has 4 rings (SSSR count). The Labute approximate surface area is 191 Å². The van der Waals surface area contributed by atoms with Crippen molar-refractivity contribution in [3.8, 4) is 0 Å². The summed E-state index contributed by atoms with van der Waals surface area (Å²) in [6.07, 6.45) is -0.312. The van der Waals surface area contributed by atoms with Crippen LogP contribution in [0.3, 0.4) is 0 Å². The predicted octanol–water partition coefficient (Wildman–Crippen LogP) is 2.51. The van der Waals surface area contributed by atoms with Crippen LogP contribution in [-0.4, -0.2) is 34.5 Å². The molecule has 0 saturated carbocycles. The number of nitrogens with zero attached hydrogens (tertiary/aromatic N) is 1. The zero-order chi connectivity index (χ0) is 25.7. The normalized spacial score (nSPS) is 23.0. The van der Waals surface area contributed by atoms with Gasteiger partial charge in [-0.15, -0.1) is 0 Å². The molecule has 0 bridgehead atoms. The monoisotopic (exact) mass is 464 g/mol. The van der Waals surface area contributed by atoms with Gasteiger partial charge in [0.1, 0.15) is 6.02 Å². The topological polar surface area (TPSA) is 95.6 Å². The third-order valence-corrected chi connectivity index (χ3v) is 5.42. The fourth-order valence-electron chi connectivity index (χ4n) is 3.50. The molecular formula is C22H18ClF2N3O4. The second-order valence-electron chi connectivity index (χ2n) is 7.28. The highest BCUT2D eigenvalue weighted by atomic mass is 35.5. The Balaban J connectivity index is 1.55. The van der Waals surface area contributed by atoms with Gasteiger partial charge in [-0.2, -0.15) is 8.78 Å². The lowest BCUT2D eigenvalue weighted by Gasteiger charge is -2.29. The average Bonchev–Trinajstić information content (AvgIpc) is 3.16. The molecule has 2 atom stereocenters. The Kier molecular flexibility index (Phi) is 4.74. The number of piperidine rings is 1. The summed E-state index contributed by atoms with van der Waals surface area (Å²) < 4.78 is 53.9. The number of rotatable bonds is 5. The van der Waals surface area contributed by atoms with Gasteiger partial charge >= 0.3 is 5.92 Å². The molecule has 0 aromatic heterocycles. The minimum atomic E-state index is -4.08. The molecule has 2 heterocycles. The van der Waals surface area contributed by atoms with Crippen LogP contribution in [0.5, 0.6) is 0 Å². The van der Waals surface area contributed by atoms with E-state index >= 15 is 0 Å². The molecule has 7 nitrogen and oxygen atoms in total. The number of carbonyl (C=O) groups is 4. The third kappa shape index (κ3) is 4.08. The van der Waals surface area contributed by atoms with Crippen LogP contribution in [0.2, 0.25) is 6.43 Å². The second-order valence-corrected chi connectivity index (χ2v) is 7.71. The summed E-state index contributed by atoms with van der Waals surface area (Å²) in [5.41, 5.74) is -0.273. The largest absolute Gasteiger partial charge is 0.349 e. The number of carbonyl (C=O) groups excluding carboxylic acids is 4. The van der Waals surface area contributed by atoms with E-state index in [1.807, 2.05) is 5.32 Å². The molecule has 2 aliphatic heterocycles. The Bertz CT molecular complexity index is 1250. The number of alkyl halides is 2. The van der Waals surface area contributed by atoms with Crippen molar-refractivity contribution in [1.82, 2.24) is 15.5 Å². The van der Waals surface area contributed by atoms with E-state index in [-0.39, 0.29) is 40.8 Å². The maximum Gasteiger partial charge on any atom is 0.349 e. The SMILES string of the molecule is [2H]C(c1ccc2c(c1)CN([C@]1([2H])CCC(=O)NC1=O)C2=O)N([2H])C(=O)C(F)(F)c1ccc(Cl)cc1. The van der Waals surface area contributed by atoms with Crippen molar-refractivity contribution in [2.45, 2.75) is 37.8 Å². The van der Waals surface area contributed by atoms with E-state index in [4.69, 9.17) is 15.8 Å². The number of imide groups is 1. The Morgan fingerprint density at radius 2 is 2.00 bits per heavy atom. The molecule has 4 amide bonds. The zero-order valence-electron chi connectivity index (χ0n) is 19.4. The van der Waals surface area contributed by atoms with Crippen molar-refractivity contribution < 1.29 is 32.1 Å². The number of hydrogen-bond acceptors (Lipinski definition) is 4. The maximum absolute atomic E-state index is 14.7. The third-order valence-electron chi connectivity index (χ3n) is 5.17. The van der Waals surface area contributed by atoms with E-state index in [1.54, 1.807) is 0 Å².